The normalized spacial score (nSPS) is 13.3. The Morgan fingerprint density at radius 2 is 1.01 bits per heavy atom. The maximum Gasteiger partial charge on any atom is 2.00 e. The van der Waals surface area contributed by atoms with Crippen LogP contribution in [0.15, 0.2) is 182 Å². The van der Waals surface area contributed by atoms with E-state index in [-0.39, 0.29) is 48.4 Å². The van der Waals surface area contributed by atoms with Gasteiger partial charge in [0.15, 0.2) is 0 Å². The van der Waals surface area contributed by atoms with Gasteiger partial charge >= 0.3 is 228 Å². The first-order chi connectivity index (χ1) is 33.9. The summed E-state index contributed by atoms with van der Waals surface area (Å²) in [6.45, 7) is 1.76. The van der Waals surface area contributed by atoms with Gasteiger partial charge in [0.05, 0.1) is 0 Å². The second-order valence-electron chi connectivity index (χ2n) is 15.8. The summed E-state index contributed by atoms with van der Waals surface area (Å²) < 4.78 is 142. The first-order valence-electron chi connectivity index (χ1n) is 21.6. The Balaban J connectivity index is 0.000000193. The molecule has 0 atom stereocenters. The van der Waals surface area contributed by atoms with E-state index in [2.05, 4.69) is 115 Å². The summed E-state index contributed by atoms with van der Waals surface area (Å²) in [7, 11) is 0. The molecule has 12 heteroatoms. The number of allylic oxidation sites excluding steroid dienone is 7. The van der Waals surface area contributed by atoms with Crippen molar-refractivity contribution >= 4 is 51.4 Å². The van der Waals surface area contributed by atoms with Gasteiger partial charge in [-0.1, -0.05) is 132 Å². The van der Waals surface area contributed by atoms with Crippen LogP contribution >= 0.6 is 0 Å². The molecule has 0 aromatic heterocycles. The van der Waals surface area contributed by atoms with Gasteiger partial charge in [-0.3, -0.25) is 6.08 Å². The fourth-order valence-corrected chi connectivity index (χ4v) is 8.05. The average Bonchev–Trinajstić information content (AvgIpc) is 4.08. The molecule has 0 spiro atoms. The first-order valence-corrected chi connectivity index (χ1v) is 21.6. The molecule has 0 bridgehead atoms. The monoisotopic (exact) mass is 1030 g/mol. The minimum atomic E-state index is -2.39. The summed E-state index contributed by atoms with van der Waals surface area (Å²) in [6, 6.07) is 50.9. The Labute approximate surface area is 423 Å². The quantitative estimate of drug-likeness (QED) is 0.0284. The Morgan fingerprint density at radius 1 is 0.521 bits per heavy atom. The van der Waals surface area contributed by atoms with Crippen LogP contribution in [-0.4, -0.2) is 12.4 Å². The number of hydrogen-bond donors (Lipinski definition) is 0. The molecule has 8 aromatic carbocycles. The van der Waals surface area contributed by atoms with E-state index in [4.69, 9.17) is 0 Å². The van der Waals surface area contributed by atoms with E-state index < -0.39 is 74.8 Å². The topological polar surface area (TPSA) is 0 Å². The number of benzene rings is 8. The molecule has 2 aliphatic rings. The molecular formula is C59H35BF10Zr. The van der Waals surface area contributed by atoms with Crippen LogP contribution in [0.2, 0.25) is 0 Å². The molecule has 2 aliphatic carbocycles. The number of hydrogen-bond acceptors (Lipinski definition) is 0. The van der Waals surface area contributed by atoms with Crippen LogP contribution in [0.4, 0.5) is 43.9 Å². The smallest absolute Gasteiger partial charge is 0.273 e. The summed E-state index contributed by atoms with van der Waals surface area (Å²) in [5, 5.41) is 0.837. The van der Waals surface area contributed by atoms with E-state index in [9.17, 15) is 43.9 Å². The zero-order chi connectivity index (χ0) is 49.5. The van der Waals surface area contributed by atoms with Crippen LogP contribution in [0.3, 0.4) is 0 Å². The third-order valence-electron chi connectivity index (χ3n) is 11.4. The van der Waals surface area contributed by atoms with Crippen molar-refractivity contribution in [3.8, 4) is 0 Å². The van der Waals surface area contributed by atoms with Gasteiger partial charge in [0.1, 0.15) is 0 Å². The van der Waals surface area contributed by atoms with Gasteiger partial charge in [0, 0.05) is 0 Å². The van der Waals surface area contributed by atoms with Gasteiger partial charge in [0.2, 0.25) is 0 Å². The molecule has 0 nitrogen and oxygen atoms in total. The Kier molecular flexibility index (Phi) is 16.9. The minimum Gasteiger partial charge on any atom is -0.273 e. The largest absolute Gasteiger partial charge is 2.00 e. The third-order valence-corrected chi connectivity index (χ3v) is 11.4. The van der Waals surface area contributed by atoms with E-state index in [0.717, 1.165) is 28.7 Å². The first kappa shape index (κ1) is 51.7. The third kappa shape index (κ3) is 10.9. The molecule has 0 saturated heterocycles. The summed E-state index contributed by atoms with van der Waals surface area (Å²) in [4.78, 5) is 0. The van der Waals surface area contributed by atoms with E-state index in [1.807, 2.05) is 42.5 Å². The predicted molar refractivity (Wildman–Crippen MR) is 259 cm³/mol. The van der Waals surface area contributed by atoms with Crippen LogP contribution in [-0.2, 0) is 26.2 Å². The predicted octanol–water partition coefficient (Wildman–Crippen LogP) is 15.1. The molecule has 0 amide bonds. The van der Waals surface area contributed by atoms with Crippen molar-refractivity contribution in [2.45, 2.75) is 13.3 Å². The summed E-state index contributed by atoms with van der Waals surface area (Å²) in [6.07, 6.45) is 15.9. The molecule has 0 saturated carbocycles. The zero-order valence-corrected chi connectivity index (χ0v) is 39.8. The molecule has 0 aliphatic heterocycles. The molecule has 0 radical (unpaired) electrons. The van der Waals surface area contributed by atoms with Gasteiger partial charge in [-0.15, -0.1) is 35.8 Å². The second-order valence-corrected chi connectivity index (χ2v) is 15.8. The number of halogens is 10. The van der Waals surface area contributed by atoms with Crippen LogP contribution in [0.5, 0.6) is 0 Å². The van der Waals surface area contributed by atoms with Crippen LogP contribution in [0.1, 0.15) is 52.3 Å². The van der Waals surface area contributed by atoms with Gasteiger partial charge in [-0.05, 0) is 5.56 Å². The Hall–Kier alpha value is -7.16. The van der Waals surface area contributed by atoms with Crippen molar-refractivity contribution in [2.75, 3.05) is 0 Å². The van der Waals surface area contributed by atoms with Crippen LogP contribution < -0.4 is 5.46 Å². The minimum absolute atomic E-state index is 0. The Morgan fingerprint density at radius 3 is 1.55 bits per heavy atom. The van der Waals surface area contributed by atoms with Crippen molar-refractivity contribution in [3.05, 3.63) is 291 Å². The number of rotatable bonds is 7. The summed E-state index contributed by atoms with van der Waals surface area (Å²) in [5.74, 6) is -22.3. The van der Waals surface area contributed by atoms with Crippen molar-refractivity contribution in [3.63, 3.8) is 0 Å². The SMILES string of the molecule is CC1=C(c2c(F)c(F)c(F)c(F)c2F)c2ccc3ccccc3c2C1=Bc1c(F)c(F)c(F)c(F)c1F.[C-](=C(C(=Cc1ccccc1)c1ccccc1)c1ccccc1)c1ccccc1.[C-]1=CC=CC1.[Zr+2]. The van der Waals surface area contributed by atoms with Gasteiger partial charge in [-0.25, -0.2) is 12.2 Å². The van der Waals surface area contributed by atoms with Crippen molar-refractivity contribution in [2.24, 2.45) is 0 Å². The van der Waals surface area contributed by atoms with Crippen molar-refractivity contribution < 1.29 is 70.1 Å². The number of fused-ring (bicyclic) bond motifs is 3. The molecule has 0 heterocycles. The molecule has 71 heavy (non-hydrogen) atoms. The van der Waals surface area contributed by atoms with Gasteiger partial charge in [0.25, 0.3) is 0 Å². The summed E-state index contributed by atoms with van der Waals surface area (Å²) >= 11 is 0. The van der Waals surface area contributed by atoms with Gasteiger partial charge < -0.3 is 0 Å². The average molecular weight is 1040 g/mol. The molecule has 348 valence electrons. The summed E-state index contributed by atoms with van der Waals surface area (Å²) in [5.41, 5.74) is 3.16. The van der Waals surface area contributed by atoms with Crippen LogP contribution in [0, 0.1) is 70.3 Å². The van der Waals surface area contributed by atoms with E-state index in [0.29, 0.717) is 17.7 Å². The fraction of sp³-hybridized carbons (Fsp3) is 0.0339. The van der Waals surface area contributed by atoms with Crippen molar-refractivity contribution in [1.29, 1.82) is 0 Å². The molecule has 0 unspecified atom stereocenters. The van der Waals surface area contributed by atoms with E-state index in [1.54, 1.807) is 18.2 Å². The molecule has 8 aromatic rings. The maximum absolute atomic E-state index is 14.8. The van der Waals surface area contributed by atoms with E-state index in [1.165, 1.54) is 36.2 Å². The standard InChI is InChI=1S/C28H21.C26H9BF10.C5H5.Zr/c1-5-13-23(14-6-1)21-27(25-17-9-3-10-18-25)28(26-19-11-4-12-20-26)22-24-15-7-2-8-16-24;1-8-12(14-17(28)21(32)25(36)22(33)18(14)29)11-7-6-9-4-2-3-5-10(9)13(11)15(8)27-16-19(30)23(34)26(37)24(35)20(16)31;1-2-4-5-3-1;/h1-21H;2-7H,1H3;1-3H,4H2;/q-1;;-1;+2. The molecular weight excluding hydrogens is 1000 g/mol. The molecule has 10 rings (SSSR count). The van der Waals surface area contributed by atoms with E-state index >= 15 is 0 Å². The Bertz CT molecular complexity index is 3280. The van der Waals surface area contributed by atoms with Crippen LogP contribution in [0.25, 0.3) is 33.6 Å². The molecule has 0 fully saturated rings. The molecule has 0 N–H and O–H groups in total. The maximum atomic E-state index is 14.8. The zero-order valence-electron chi connectivity index (χ0n) is 37.4. The second kappa shape index (κ2) is 23.2. The van der Waals surface area contributed by atoms with Crippen molar-refractivity contribution in [1.82, 2.24) is 0 Å². The fourth-order valence-electron chi connectivity index (χ4n) is 8.05. The van der Waals surface area contributed by atoms with Gasteiger partial charge in [-0.2, -0.15) is 6.08 Å².